The van der Waals surface area contributed by atoms with Crippen molar-refractivity contribution in [2.75, 3.05) is 14.2 Å². The maximum absolute atomic E-state index is 5.89. The molecule has 2 aromatic rings. The van der Waals surface area contributed by atoms with Crippen molar-refractivity contribution in [3.05, 3.63) is 47.0 Å². The Bertz CT molecular complexity index is 667. The van der Waals surface area contributed by atoms with E-state index in [2.05, 4.69) is 18.2 Å². The summed E-state index contributed by atoms with van der Waals surface area (Å²) in [6, 6.07) is 10.3. The van der Waals surface area contributed by atoms with E-state index in [-0.39, 0.29) is 0 Å². The molecule has 2 aromatic carbocycles. The van der Waals surface area contributed by atoms with Crippen molar-refractivity contribution in [2.24, 2.45) is 5.73 Å². The van der Waals surface area contributed by atoms with Gasteiger partial charge in [-0.05, 0) is 46.0 Å². The fourth-order valence-electron chi connectivity index (χ4n) is 2.70. The van der Waals surface area contributed by atoms with Gasteiger partial charge in [-0.2, -0.15) is 0 Å². The van der Waals surface area contributed by atoms with E-state index < -0.39 is 0 Å². The van der Waals surface area contributed by atoms with E-state index in [1.807, 2.05) is 12.1 Å². The standard InChI is InChI=1S/C17H19NO3/c1-19-16-6-13(8-18)15(7-17(16)20-2)11-3-4-12-9-21-10-14(12)5-11/h3-7H,8-10,18H2,1-2H3. The molecule has 1 aliphatic rings. The highest BCUT2D eigenvalue weighted by Crippen LogP contribution is 2.36. The zero-order chi connectivity index (χ0) is 14.8. The summed E-state index contributed by atoms with van der Waals surface area (Å²) in [6.07, 6.45) is 0. The van der Waals surface area contributed by atoms with E-state index in [1.54, 1.807) is 14.2 Å². The molecule has 0 amide bonds. The molecular weight excluding hydrogens is 266 g/mol. The van der Waals surface area contributed by atoms with Gasteiger partial charge in [0.05, 0.1) is 27.4 Å². The Hall–Kier alpha value is -2.04. The van der Waals surface area contributed by atoms with E-state index in [1.165, 1.54) is 11.1 Å². The zero-order valence-corrected chi connectivity index (χ0v) is 12.3. The summed E-state index contributed by atoms with van der Waals surface area (Å²) >= 11 is 0. The highest BCUT2D eigenvalue weighted by atomic mass is 16.5. The quantitative estimate of drug-likeness (QED) is 0.938. The highest BCUT2D eigenvalue weighted by molar-refractivity contribution is 5.72. The molecule has 0 atom stereocenters. The van der Waals surface area contributed by atoms with Gasteiger partial charge in [0, 0.05) is 6.54 Å². The number of ether oxygens (including phenoxy) is 3. The first-order valence-electron chi connectivity index (χ1n) is 6.91. The minimum absolute atomic E-state index is 0.448. The minimum Gasteiger partial charge on any atom is -0.493 e. The molecule has 3 rings (SSSR count). The molecule has 0 unspecified atom stereocenters. The maximum atomic E-state index is 5.89. The first-order chi connectivity index (χ1) is 10.3. The molecule has 2 N–H and O–H groups in total. The van der Waals surface area contributed by atoms with Crippen LogP contribution in [0.1, 0.15) is 16.7 Å². The molecule has 0 aliphatic carbocycles. The van der Waals surface area contributed by atoms with Crippen LogP contribution in [0.3, 0.4) is 0 Å². The van der Waals surface area contributed by atoms with Crippen molar-refractivity contribution >= 4 is 0 Å². The number of methoxy groups -OCH3 is 2. The number of hydrogen-bond donors (Lipinski definition) is 1. The van der Waals surface area contributed by atoms with Crippen LogP contribution in [0.2, 0.25) is 0 Å². The minimum atomic E-state index is 0.448. The molecule has 1 heterocycles. The first-order valence-corrected chi connectivity index (χ1v) is 6.91. The number of benzene rings is 2. The second-order valence-corrected chi connectivity index (χ2v) is 5.04. The second kappa shape index (κ2) is 5.76. The Labute approximate surface area is 124 Å². The van der Waals surface area contributed by atoms with Gasteiger partial charge in [-0.3, -0.25) is 0 Å². The van der Waals surface area contributed by atoms with Crippen LogP contribution in [0.4, 0.5) is 0 Å². The Balaban J connectivity index is 2.12. The topological polar surface area (TPSA) is 53.7 Å². The lowest BCUT2D eigenvalue weighted by Crippen LogP contribution is -2.02. The zero-order valence-electron chi connectivity index (χ0n) is 12.3. The number of nitrogens with two attached hydrogens (primary N) is 1. The van der Waals surface area contributed by atoms with E-state index >= 15 is 0 Å². The van der Waals surface area contributed by atoms with Gasteiger partial charge in [0.25, 0.3) is 0 Å². The van der Waals surface area contributed by atoms with Gasteiger partial charge in [0.15, 0.2) is 11.5 Å². The van der Waals surface area contributed by atoms with E-state index in [0.29, 0.717) is 31.3 Å². The molecule has 4 nitrogen and oxygen atoms in total. The Kier molecular flexibility index (Phi) is 3.82. The summed E-state index contributed by atoms with van der Waals surface area (Å²) in [5, 5.41) is 0. The average Bonchev–Trinajstić information content (AvgIpc) is 3.00. The van der Waals surface area contributed by atoms with Crippen LogP contribution in [0.5, 0.6) is 11.5 Å². The van der Waals surface area contributed by atoms with Gasteiger partial charge in [-0.15, -0.1) is 0 Å². The highest BCUT2D eigenvalue weighted by Gasteiger charge is 2.15. The maximum Gasteiger partial charge on any atom is 0.161 e. The third-order valence-corrected chi connectivity index (χ3v) is 3.86. The lowest BCUT2D eigenvalue weighted by atomic mass is 9.96. The molecular formula is C17H19NO3. The smallest absolute Gasteiger partial charge is 0.161 e. The molecule has 1 aliphatic heterocycles. The lowest BCUT2D eigenvalue weighted by molar-refractivity contribution is 0.134. The molecule has 0 aromatic heterocycles. The lowest BCUT2D eigenvalue weighted by Gasteiger charge is -2.15. The van der Waals surface area contributed by atoms with Crippen LogP contribution in [0, 0.1) is 0 Å². The summed E-state index contributed by atoms with van der Waals surface area (Å²) in [5.74, 6) is 1.41. The molecule has 0 radical (unpaired) electrons. The van der Waals surface area contributed by atoms with Crippen LogP contribution in [0.25, 0.3) is 11.1 Å². The van der Waals surface area contributed by atoms with Crippen LogP contribution in [0.15, 0.2) is 30.3 Å². The van der Waals surface area contributed by atoms with Crippen LogP contribution in [-0.2, 0) is 24.5 Å². The summed E-state index contributed by atoms with van der Waals surface area (Å²) in [4.78, 5) is 0. The Morgan fingerprint density at radius 3 is 2.43 bits per heavy atom. The largest absolute Gasteiger partial charge is 0.493 e. The SMILES string of the molecule is COc1cc(CN)c(-c2ccc3c(c2)COC3)cc1OC. The van der Waals surface area contributed by atoms with Gasteiger partial charge in [-0.25, -0.2) is 0 Å². The fraction of sp³-hybridized carbons (Fsp3) is 0.294. The summed E-state index contributed by atoms with van der Waals surface area (Å²) in [6.45, 7) is 1.82. The third-order valence-electron chi connectivity index (χ3n) is 3.86. The van der Waals surface area contributed by atoms with E-state index in [4.69, 9.17) is 19.9 Å². The fourth-order valence-corrected chi connectivity index (χ4v) is 2.70. The van der Waals surface area contributed by atoms with Gasteiger partial charge < -0.3 is 19.9 Å². The predicted octanol–water partition coefficient (Wildman–Crippen LogP) is 2.86. The molecule has 4 heteroatoms. The van der Waals surface area contributed by atoms with Crippen LogP contribution >= 0.6 is 0 Å². The predicted molar refractivity (Wildman–Crippen MR) is 81.4 cm³/mol. The van der Waals surface area contributed by atoms with Crippen LogP contribution in [-0.4, -0.2) is 14.2 Å². The third kappa shape index (κ3) is 2.48. The van der Waals surface area contributed by atoms with E-state index in [0.717, 1.165) is 16.7 Å². The van der Waals surface area contributed by atoms with E-state index in [9.17, 15) is 0 Å². The van der Waals surface area contributed by atoms with Crippen molar-refractivity contribution < 1.29 is 14.2 Å². The average molecular weight is 285 g/mol. The number of rotatable bonds is 4. The van der Waals surface area contributed by atoms with Crippen molar-refractivity contribution in [3.63, 3.8) is 0 Å². The molecule has 0 bridgehead atoms. The summed E-state index contributed by atoms with van der Waals surface area (Å²) in [7, 11) is 3.27. The molecule has 110 valence electrons. The normalized spacial score (nSPS) is 13.1. The first kappa shape index (κ1) is 13.9. The molecule has 0 fully saturated rings. The monoisotopic (exact) mass is 285 g/mol. The Morgan fingerprint density at radius 1 is 1.00 bits per heavy atom. The van der Waals surface area contributed by atoms with Gasteiger partial charge in [0.1, 0.15) is 0 Å². The Morgan fingerprint density at radius 2 is 1.71 bits per heavy atom. The molecule has 21 heavy (non-hydrogen) atoms. The van der Waals surface area contributed by atoms with Crippen molar-refractivity contribution in [3.8, 4) is 22.6 Å². The number of hydrogen-bond acceptors (Lipinski definition) is 4. The van der Waals surface area contributed by atoms with Crippen LogP contribution < -0.4 is 15.2 Å². The number of fused-ring (bicyclic) bond motifs is 1. The van der Waals surface area contributed by atoms with Crippen molar-refractivity contribution in [1.82, 2.24) is 0 Å². The van der Waals surface area contributed by atoms with Crippen molar-refractivity contribution in [1.29, 1.82) is 0 Å². The summed E-state index contributed by atoms with van der Waals surface area (Å²) in [5.41, 5.74) is 11.6. The molecule has 0 saturated heterocycles. The van der Waals surface area contributed by atoms with Gasteiger partial charge in [-0.1, -0.05) is 12.1 Å². The molecule has 0 spiro atoms. The van der Waals surface area contributed by atoms with Gasteiger partial charge in [0.2, 0.25) is 0 Å². The van der Waals surface area contributed by atoms with Crippen molar-refractivity contribution in [2.45, 2.75) is 19.8 Å². The summed E-state index contributed by atoms with van der Waals surface area (Å²) < 4.78 is 16.2. The van der Waals surface area contributed by atoms with Gasteiger partial charge >= 0.3 is 0 Å². The molecule has 0 saturated carbocycles. The second-order valence-electron chi connectivity index (χ2n) is 5.04.